The molecule has 12 heavy (non-hydrogen) atoms. The summed E-state index contributed by atoms with van der Waals surface area (Å²) >= 11 is 0. The van der Waals surface area contributed by atoms with Gasteiger partial charge < -0.3 is 10.5 Å². The Morgan fingerprint density at radius 1 is 1.50 bits per heavy atom. The van der Waals surface area contributed by atoms with E-state index in [4.69, 9.17) is 5.73 Å². The molecule has 0 aliphatic carbocycles. The number of hydrogen-bond donors (Lipinski definition) is 1. The molecule has 2 N–H and O–H groups in total. The zero-order valence-corrected chi connectivity index (χ0v) is 6.60. The Balaban J connectivity index is 2.69. The van der Waals surface area contributed by atoms with Gasteiger partial charge in [-0.1, -0.05) is 12.1 Å². The van der Waals surface area contributed by atoms with Crippen LogP contribution in [0.25, 0.3) is 6.08 Å². The number of nitrogens with zero attached hydrogens (tertiary/aromatic N) is 1. The number of rotatable bonds is 3. The molecule has 0 aromatic carbocycles. The third-order valence-corrected chi connectivity index (χ3v) is 1.31. The van der Waals surface area contributed by atoms with Gasteiger partial charge in [0.05, 0.1) is 5.69 Å². The topological polar surface area (TPSA) is 56.0 Å². The summed E-state index contributed by atoms with van der Waals surface area (Å²) in [6.07, 6.45) is 4.76. The molecule has 1 aromatic rings. The lowest BCUT2D eigenvalue weighted by molar-refractivity contribution is -0.107. The summed E-state index contributed by atoms with van der Waals surface area (Å²) in [7, 11) is 0. The van der Waals surface area contributed by atoms with Crippen LogP contribution in [0.1, 0.15) is 12.1 Å². The molecule has 3 nitrogen and oxygen atoms in total. The third-order valence-electron chi connectivity index (χ3n) is 1.31. The van der Waals surface area contributed by atoms with Gasteiger partial charge in [0.2, 0.25) is 0 Å². The molecule has 1 aromatic heterocycles. The highest BCUT2D eigenvalue weighted by molar-refractivity contribution is 5.57. The predicted molar refractivity (Wildman–Crippen MR) is 48.4 cm³/mol. The zero-order chi connectivity index (χ0) is 8.81. The fraction of sp³-hybridized carbons (Fsp3) is 0.111. The number of nitrogens with two attached hydrogens (primary N) is 1. The minimum atomic E-state index is 0.413. The molecule has 0 amide bonds. The van der Waals surface area contributed by atoms with Gasteiger partial charge in [-0.3, -0.25) is 0 Å². The van der Waals surface area contributed by atoms with Crippen molar-refractivity contribution >= 4 is 18.2 Å². The first-order valence-electron chi connectivity index (χ1n) is 3.65. The standard InChI is InChI=1S/C9H10N2O/c10-9-6-3-5-8(11-9)4-1-2-7-12/h1,3-7H,2H2,(H2,10,11). The molecule has 1 heterocycles. The number of carbonyl (C=O) groups is 1. The van der Waals surface area contributed by atoms with Gasteiger partial charge in [-0.2, -0.15) is 0 Å². The molecule has 1 rings (SSSR count). The Morgan fingerprint density at radius 2 is 2.33 bits per heavy atom. The average Bonchev–Trinajstić information content (AvgIpc) is 2.05. The summed E-state index contributed by atoms with van der Waals surface area (Å²) in [5, 5.41) is 0. The molecular formula is C9H10N2O. The fourth-order valence-electron chi connectivity index (χ4n) is 0.806. The molecule has 0 aliphatic rings. The fourth-order valence-corrected chi connectivity index (χ4v) is 0.806. The van der Waals surface area contributed by atoms with Crippen molar-refractivity contribution < 1.29 is 4.79 Å². The lowest BCUT2D eigenvalue weighted by Crippen LogP contribution is -1.90. The van der Waals surface area contributed by atoms with Gasteiger partial charge in [-0.25, -0.2) is 4.98 Å². The van der Waals surface area contributed by atoms with E-state index in [9.17, 15) is 4.79 Å². The highest BCUT2D eigenvalue weighted by Gasteiger charge is 1.87. The number of pyridine rings is 1. The van der Waals surface area contributed by atoms with Crippen molar-refractivity contribution in [3.8, 4) is 0 Å². The van der Waals surface area contributed by atoms with E-state index in [2.05, 4.69) is 4.98 Å². The van der Waals surface area contributed by atoms with Crippen LogP contribution in [0.2, 0.25) is 0 Å². The number of nitrogen functional groups attached to an aromatic ring is 1. The second kappa shape index (κ2) is 4.28. The van der Waals surface area contributed by atoms with Gasteiger partial charge in [0.25, 0.3) is 0 Å². The number of carbonyl (C=O) groups excluding carboxylic acids is 1. The Kier molecular flexibility index (Phi) is 3.02. The maximum atomic E-state index is 9.97. The molecule has 3 heteroatoms. The number of anilines is 1. The van der Waals surface area contributed by atoms with E-state index in [1.54, 1.807) is 18.2 Å². The van der Waals surface area contributed by atoms with Crippen molar-refractivity contribution in [2.75, 3.05) is 5.73 Å². The molecular weight excluding hydrogens is 152 g/mol. The zero-order valence-electron chi connectivity index (χ0n) is 6.60. The Morgan fingerprint density at radius 3 is 3.00 bits per heavy atom. The van der Waals surface area contributed by atoms with Gasteiger partial charge in [0, 0.05) is 6.42 Å². The van der Waals surface area contributed by atoms with E-state index in [1.165, 1.54) is 0 Å². The smallest absolute Gasteiger partial charge is 0.124 e. The van der Waals surface area contributed by atoms with E-state index in [0.717, 1.165) is 12.0 Å². The normalized spacial score (nSPS) is 10.3. The maximum Gasteiger partial charge on any atom is 0.124 e. The van der Waals surface area contributed by atoms with Crippen molar-refractivity contribution in [1.29, 1.82) is 0 Å². The summed E-state index contributed by atoms with van der Waals surface area (Å²) < 4.78 is 0. The Bertz CT molecular complexity index is 294. The third kappa shape index (κ3) is 2.54. The Labute approximate surface area is 70.9 Å². The molecule has 0 unspecified atom stereocenters. The number of aromatic nitrogens is 1. The average molecular weight is 162 g/mol. The summed E-state index contributed by atoms with van der Waals surface area (Å²) in [6.45, 7) is 0. The van der Waals surface area contributed by atoms with Gasteiger partial charge in [0.15, 0.2) is 0 Å². The quantitative estimate of drug-likeness (QED) is 0.681. The lowest BCUT2D eigenvalue weighted by Gasteiger charge is -1.93. The second-order valence-electron chi connectivity index (χ2n) is 2.29. The van der Waals surface area contributed by atoms with E-state index in [0.29, 0.717) is 12.2 Å². The number of allylic oxidation sites excluding steroid dienone is 1. The minimum Gasteiger partial charge on any atom is -0.384 e. The molecule has 0 spiro atoms. The Hall–Kier alpha value is -1.64. The van der Waals surface area contributed by atoms with Crippen LogP contribution in [-0.4, -0.2) is 11.3 Å². The van der Waals surface area contributed by atoms with Gasteiger partial charge >= 0.3 is 0 Å². The molecule has 0 radical (unpaired) electrons. The van der Waals surface area contributed by atoms with Crippen LogP contribution in [-0.2, 0) is 4.79 Å². The van der Waals surface area contributed by atoms with Crippen molar-refractivity contribution in [2.24, 2.45) is 0 Å². The summed E-state index contributed by atoms with van der Waals surface area (Å²) in [6, 6.07) is 5.37. The minimum absolute atomic E-state index is 0.413. The van der Waals surface area contributed by atoms with Crippen LogP contribution in [0.5, 0.6) is 0 Å². The van der Waals surface area contributed by atoms with Crippen molar-refractivity contribution in [3.63, 3.8) is 0 Å². The monoisotopic (exact) mass is 162 g/mol. The summed E-state index contributed by atoms with van der Waals surface area (Å²) in [5.41, 5.74) is 6.22. The van der Waals surface area contributed by atoms with E-state index >= 15 is 0 Å². The van der Waals surface area contributed by atoms with Gasteiger partial charge in [-0.15, -0.1) is 0 Å². The molecule has 0 saturated carbocycles. The largest absolute Gasteiger partial charge is 0.384 e. The lowest BCUT2D eigenvalue weighted by atomic mass is 10.3. The highest BCUT2D eigenvalue weighted by Crippen LogP contribution is 2.02. The van der Waals surface area contributed by atoms with Crippen molar-refractivity contribution in [1.82, 2.24) is 4.98 Å². The number of aldehydes is 1. The van der Waals surface area contributed by atoms with Crippen LogP contribution < -0.4 is 5.73 Å². The predicted octanol–water partition coefficient (Wildman–Crippen LogP) is 1.27. The summed E-state index contributed by atoms with van der Waals surface area (Å²) in [5.74, 6) is 0.489. The highest BCUT2D eigenvalue weighted by atomic mass is 16.1. The van der Waals surface area contributed by atoms with Gasteiger partial charge in [0.1, 0.15) is 12.1 Å². The molecule has 0 aliphatic heterocycles. The first-order valence-corrected chi connectivity index (χ1v) is 3.65. The van der Waals surface area contributed by atoms with Crippen LogP contribution in [0, 0.1) is 0 Å². The van der Waals surface area contributed by atoms with E-state index in [-0.39, 0.29) is 0 Å². The molecule has 0 bridgehead atoms. The first-order chi connectivity index (χ1) is 5.83. The van der Waals surface area contributed by atoms with Crippen molar-refractivity contribution in [3.05, 3.63) is 30.0 Å². The number of hydrogen-bond acceptors (Lipinski definition) is 3. The summed E-state index contributed by atoms with van der Waals surface area (Å²) in [4.78, 5) is 14.0. The second-order valence-corrected chi connectivity index (χ2v) is 2.29. The van der Waals surface area contributed by atoms with Crippen LogP contribution in [0.4, 0.5) is 5.82 Å². The van der Waals surface area contributed by atoms with Crippen molar-refractivity contribution in [2.45, 2.75) is 6.42 Å². The SMILES string of the molecule is Nc1cccc(C=CCC=O)n1. The molecule has 0 fully saturated rings. The maximum absolute atomic E-state index is 9.97. The molecule has 0 atom stereocenters. The van der Waals surface area contributed by atoms with Crippen LogP contribution >= 0.6 is 0 Å². The van der Waals surface area contributed by atoms with E-state index < -0.39 is 0 Å². The van der Waals surface area contributed by atoms with E-state index in [1.807, 2.05) is 12.1 Å². The van der Waals surface area contributed by atoms with Crippen LogP contribution in [0.15, 0.2) is 24.3 Å². The van der Waals surface area contributed by atoms with Crippen LogP contribution in [0.3, 0.4) is 0 Å². The molecule has 0 saturated heterocycles. The molecule has 62 valence electrons. The first kappa shape index (κ1) is 8.46. The van der Waals surface area contributed by atoms with Gasteiger partial charge in [-0.05, 0) is 18.2 Å².